The molecule has 102 valence electrons. The number of unbranched alkanes of at least 4 members (excludes halogenated alkanes) is 3. The van der Waals surface area contributed by atoms with Gasteiger partial charge in [-0.15, -0.1) is 0 Å². The Kier molecular flexibility index (Phi) is 7.82. The molecular formula is C14H29NO2. The van der Waals surface area contributed by atoms with Gasteiger partial charge >= 0.3 is 0 Å². The Balaban J connectivity index is 1.95. The van der Waals surface area contributed by atoms with Gasteiger partial charge < -0.3 is 14.8 Å². The summed E-state index contributed by atoms with van der Waals surface area (Å²) >= 11 is 0. The van der Waals surface area contributed by atoms with E-state index >= 15 is 0 Å². The predicted octanol–water partition coefficient (Wildman–Crippen LogP) is 2.74. The summed E-state index contributed by atoms with van der Waals surface area (Å²) in [6.07, 6.45) is 8.34. The minimum absolute atomic E-state index is 0.361. The summed E-state index contributed by atoms with van der Waals surface area (Å²) in [5, 5.41) is 3.17. The number of nitrogens with one attached hydrogen (secondary N) is 1. The monoisotopic (exact) mass is 243 g/mol. The molecule has 1 rings (SSSR count). The van der Waals surface area contributed by atoms with Crippen molar-refractivity contribution in [1.82, 2.24) is 5.32 Å². The van der Waals surface area contributed by atoms with Crippen LogP contribution in [0.25, 0.3) is 0 Å². The summed E-state index contributed by atoms with van der Waals surface area (Å²) in [5.41, 5.74) is 0. The SMILES string of the molecule is CNCCCCCCOC1CC(C)OC(C)C1. The standard InChI is InChI=1S/C14H29NO2/c1-12-10-14(11-13(2)17-12)16-9-7-5-4-6-8-15-3/h12-15H,4-11H2,1-3H3. The maximum absolute atomic E-state index is 5.93. The summed E-state index contributed by atoms with van der Waals surface area (Å²) in [4.78, 5) is 0. The van der Waals surface area contributed by atoms with E-state index in [0.29, 0.717) is 18.3 Å². The van der Waals surface area contributed by atoms with Gasteiger partial charge in [0.15, 0.2) is 0 Å². The van der Waals surface area contributed by atoms with E-state index in [1.165, 1.54) is 25.7 Å². The Morgan fingerprint density at radius 2 is 1.71 bits per heavy atom. The van der Waals surface area contributed by atoms with Gasteiger partial charge in [-0.05, 0) is 53.1 Å². The fourth-order valence-corrected chi connectivity index (χ4v) is 2.49. The van der Waals surface area contributed by atoms with Crippen LogP contribution in [-0.2, 0) is 9.47 Å². The predicted molar refractivity (Wildman–Crippen MR) is 71.4 cm³/mol. The van der Waals surface area contributed by atoms with E-state index in [-0.39, 0.29) is 0 Å². The Labute approximate surface area is 106 Å². The molecule has 1 aliphatic heterocycles. The van der Waals surface area contributed by atoms with Gasteiger partial charge in [0, 0.05) is 6.61 Å². The van der Waals surface area contributed by atoms with Gasteiger partial charge in [-0.25, -0.2) is 0 Å². The lowest BCUT2D eigenvalue weighted by atomic mass is 10.0. The van der Waals surface area contributed by atoms with Gasteiger partial charge in [-0.3, -0.25) is 0 Å². The number of hydrogen-bond acceptors (Lipinski definition) is 3. The van der Waals surface area contributed by atoms with Gasteiger partial charge in [-0.2, -0.15) is 0 Å². The molecule has 0 aromatic carbocycles. The molecule has 1 fully saturated rings. The molecule has 0 radical (unpaired) electrons. The van der Waals surface area contributed by atoms with Crippen molar-refractivity contribution in [3.8, 4) is 0 Å². The van der Waals surface area contributed by atoms with Gasteiger partial charge in [-0.1, -0.05) is 12.8 Å². The fourth-order valence-electron chi connectivity index (χ4n) is 2.49. The lowest BCUT2D eigenvalue weighted by Gasteiger charge is -2.32. The van der Waals surface area contributed by atoms with Crippen LogP contribution in [0.4, 0.5) is 0 Å². The highest BCUT2D eigenvalue weighted by atomic mass is 16.5. The van der Waals surface area contributed by atoms with Crippen LogP contribution in [0.2, 0.25) is 0 Å². The first-order chi connectivity index (χ1) is 8.22. The molecule has 0 aromatic rings. The summed E-state index contributed by atoms with van der Waals surface area (Å²) in [6.45, 7) is 6.34. The molecule has 2 atom stereocenters. The van der Waals surface area contributed by atoms with Crippen molar-refractivity contribution in [3.05, 3.63) is 0 Å². The molecule has 1 aliphatic rings. The summed E-state index contributed by atoms with van der Waals surface area (Å²) in [6, 6.07) is 0. The number of hydrogen-bond donors (Lipinski definition) is 1. The van der Waals surface area contributed by atoms with Crippen molar-refractivity contribution >= 4 is 0 Å². The van der Waals surface area contributed by atoms with E-state index in [1.807, 2.05) is 7.05 Å². The molecule has 2 unspecified atom stereocenters. The summed E-state index contributed by atoms with van der Waals surface area (Å²) in [7, 11) is 2.01. The molecule has 0 bridgehead atoms. The maximum Gasteiger partial charge on any atom is 0.0624 e. The average Bonchev–Trinajstić information content (AvgIpc) is 2.26. The van der Waals surface area contributed by atoms with E-state index in [9.17, 15) is 0 Å². The summed E-state index contributed by atoms with van der Waals surface area (Å²) < 4.78 is 11.6. The van der Waals surface area contributed by atoms with Crippen molar-refractivity contribution in [2.45, 2.75) is 70.7 Å². The highest BCUT2D eigenvalue weighted by Crippen LogP contribution is 2.21. The first-order valence-electron chi connectivity index (χ1n) is 7.14. The zero-order chi connectivity index (χ0) is 12.5. The molecule has 0 saturated carbocycles. The number of rotatable bonds is 8. The second-order valence-electron chi connectivity index (χ2n) is 5.24. The first-order valence-corrected chi connectivity index (χ1v) is 7.14. The zero-order valence-corrected chi connectivity index (χ0v) is 11.7. The van der Waals surface area contributed by atoms with Crippen molar-refractivity contribution < 1.29 is 9.47 Å². The molecule has 0 spiro atoms. The topological polar surface area (TPSA) is 30.5 Å². The van der Waals surface area contributed by atoms with E-state index in [0.717, 1.165) is 26.0 Å². The van der Waals surface area contributed by atoms with Crippen LogP contribution < -0.4 is 5.32 Å². The third-order valence-electron chi connectivity index (χ3n) is 3.33. The third kappa shape index (κ3) is 7.02. The lowest BCUT2D eigenvalue weighted by Crippen LogP contribution is -2.34. The smallest absolute Gasteiger partial charge is 0.0624 e. The Morgan fingerprint density at radius 3 is 2.35 bits per heavy atom. The van der Waals surface area contributed by atoms with Gasteiger partial charge in [0.05, 0.1) is 18.3 Å². The van der Waals surface area contributed by atoms with E-state index < -0.39 is 0 Å². The summed E-state index contributed by atoms with van der Waals surface area (Å²) in [5.74, 6) is 0. The number of ether oxygens (including phenoxy) is 2. The second kappa shape index (κ2) is 8.90. The molecule has 0 amide bonds. The van der Waals surface area contributed by atoms with Gasteiger partial charge in [0.25, 0.3) is 0 Å². The van der Waals surface area contributed by atoms with Gasteiger partial charge in [0.2, 0.25) is 0 Å². The van der Waals surface area contributed by atoms with E-state index in [1.54, 1.807) is 0 Å². The van der Waals surface area contributed by atoms with Crippen LogP contribution in [0.1, 0.15) is 52.4 Å². The van der Waals surface area contributed by atoms with Crippen molar-refractivity contribution in [2.75, 3.05) is 20.2 Å². The molecule has 1 N–H and O–H groups in total. The maximum atomic E-state index is 5.93. The molecule has 0 aliphatic carbocycles. The van der Waals surface area contributed by atoms with Crippen LogP contribution in [-0.4, -0.2) is 38.5 Å². The first kappa shape index (κ1) is 14.9. The second-order valence-corrected chi connectivity index (χ2v) is 5.24. The van der Waals surface area contributed by atoms with Crippen molar-refractivity contribution in [1.29, 1.82) is 0 Å². The van der Waals surface area contributed by atoms with E-state index in [4.69, 9.17) is 9.47 Å². The Morgan fingerprint density at radius 1 is 1.06 bits per heavy atom. The molecule has 0 aromatic heterocycles. The highest BCUT2D eigenvalue weighted by Gasteiger charge is 2.24. The highest BCUT2D eigenvalue weighted by molar-refractivity contribution is 4.73. The normalized spacial score (nSPS) is 29.5. The van der Waals surface area contributed by atoms with Crippen molar-refractivity contribution in [3.63, 3.8) is 0 Å². The lowest BCUT2D eigenvalue weighted by molar-refractivity contribution is -0.102. The Bertz CT molecular complexity index is 177. The molecule has 3 nitrogen and oxygen atoms in total. The molecule has 1 heterocycles. The average molecular weight is 243 g/mol. The van der Waals surface area contributed by atoms with Crippen LogP contribution in [0.3, 0.4) is 0 Å². The van der Waals surface area contributed by atoms with Crippen molar-refractivity contribution in [2.24, 2.45) is 0 Å². The minimum Gasteiger partial charge on any atom is -0.378 e. The van der Waals surface area contributed by atoms with Crippen LogP contribution >= 0.6 is 0 Å². The quantitative estimate of drug-likeness (QED) is 0.665. The Hall–Kier alpha value is -0.120. The molecular weight excluding hydrogens is 214 g/mol. The molecule has 3 heteroatoms. The minimum atomic E-state index is 0.361. The zero-order valence-electron chi connectivity index (χ0n) is 11.7. The van der Waals surface area contributed by atoms with Crippen LogP contribution in [0.15, 0.2) is 0 Å². The third-order valence-corrected chi connectivity index (χ3v) is 3.33. The molecule has 1 saturated heterocycles. The fraction of sp³-hybridized carbons (Fsp3) is 1.00. The molecule has 17 heavy (non-hydrogen) atoms. The van der Waals surface area contributed by atoms with Crippen LogP contribution in [0.5, 0.6) is 0 Å². The van der Waals surface area contributed by atoms with Gasteiger partial charge in [0.1, 0.15) is 0 Å². The largest absolute Gasteiger partial charge is 0.378 e. The van der Waals surface area contributed by atoms with E-state index in [2.05, 4.69) is 19.2 Å². The van der Waals surface area contributed by atoms with Crippen LogP contribution in [0, 0.1) is 0 Å².